The largest absolute Gasteiger partial charge is 0.361 e. The van der Waals surface area contributed by atoms with Gasteiger partial charge in [0.1, 0.15) is 0 Å². The number of benzene rings is 1. The first kappa shape index (κ1) is 15.6. The van der Waals surface area contributed by atoms with Crippen LogP contribution >= 0.6 is 0 Å². The van der Waals surface area contributed by atoms with Crippen molar-refractivity contribution in [2.45, 2.75) is 39.7 Å². The van der Waals surface area contributed by atoms with Gasteiger partial charge in [-0.3, -0.25) is 4.79 Å². The van der Waals surface area contributed by atoms with Crippen LogP contribution in [0.25, 0.3) is 10.9 Å². The molecule has 1 aromatic carbocycles. The molecule has 0 unspecified atom stereocenters. The van der Waals surface area contributed by atoms with Crippen molar-refractivity contribution in [1.29, 1.82) is 0 Å². The van der Waals surface area contributed by atoms with Gasteiger partial charge in [-0.15, -0.1) is 0 Å². The molecular weight excluding hydrogens is 262 g/mol. The Kier molecular flexibility index (Phi) is 4.68. The molecule has 0 saturated carbocycles. The van der Waals surface area contributed by atoms with Crippen molar-refractivity contribution in [2.24, 2.45) is 11.1 Å². The Balaban J connectivity index is 1.81. The summed E-state index contributed by atoms with van der Waals surface area (Å²) in [6.07, 6.45) is 3.90. The van der Waals surface area contributed by atoms with Crippen molar-refractivity contribution >= 4 is 16.8 Å². The van der Waals surface area contributed by atoms with E-state index in [1.165, 1.54) is 10.9 Å². The second-order valence-electron chi connectivity index (χ2n) is 6.60. The van der Waals surface area contributed by atoms with Gasteiger partial charge in [0.05, 0.1) is 6.04 Å². The molecule has 114 valence electrons. The predicted molar refractivity (Wildman–Crippen MR) is 87.1 cm³/mol. The van der Waals surface area contributed by atoms with E-state index in [-0.39, 0.29) is 11.3 Å². The number of aryl methyl sites for hydroxylation is 1. The van der Waals surface area contributed by atoms with Crippen LogP contribution < -0.4 is 11.1 Å². The summed E-state index contributed by atoms with van der Waals surface area (Å²) in [5.74, 6) is -0.0681. The molecule has 4 N–H and O–H groups in total. The normalized spacial score (nSPS) is 13.3. The van der Waals surface area contributed by atoms with E-state index in [1.807, 2.05) is 39.1 Å². The van der Waals surface area contributed by atoms with Gasteiger partial charge in [0.25, 0.3) is 0 Å². The highest BCUT2D eigenvalue weighted by molar-refractivity contribution is 5.83. The predicted octanol–water partition coefficient (Wildman–Crippen LogP) is 2.59. The molecule has 1 heterocycles. The van der Waals surface area contributed by atoms with Crippen LogP contribution in [-0.2, 0) is 11.2 Å². The van der Waals surface area contributed by atoms with Gasteiger partial charge in [0.15, 0.2) is 0 Å². The fourth-order valence-corrected chi connectivity index (χ4v) is 2.33. The molecule has 1 amide bonds. The summed E-state index contributed by atoms with van der Waals surface area (Å²) >= 11 is 0. The lowest BCUT2D eigenvalue weighted by Gasteiger charge is -2.25. The lowest BCUT2D eigenvalue weighted by atomic mass is 9.87. The first-order valence-electron chi connectivity index (χ1n) is 7.48. The maximum Gasteiger partial charge on any atom is 0.237 e. The smallest absolute Gasteiger partial charge is 0.237 e. The average molecular weight is 287 g/mol. The van der Waals surface area contributed by atoms with E-state index in [4.69, 9.17) is 5.73 Å². The second-order valence-corrected chi connectivity index (χ2v) is 6.60. The van der Waals surface area contributed by atoms with Crippen molar-refractivity contribution in [2.75, 3.05) is 6.54 Å². The van der Waals surface area contributed by atoms with Gasteiger partial charge < -0.3 is 16.0 Å². The molecule has 1 atom stereocenters. The van der Waals surface area contributed by atoms with Gasteiger partial charge in [-0.1, -0.05) is 39.0 Å². The molecule has 0 bridgehead atoms. The van der Waals surface area contributed by atoms with E-state index in [9.17, 15) is 4.79 Å². The van der Waals surface area contributed by atoms with E-state index in [0.717, 1.165) is 18.4 Å². The summed E-state index contributed by atoms with van der Waals surface area (Å²) < 4.78 is 0. The summed E-state index contributed by atoms with van der Waals surface area (Å²) in [6.45, 7) is 6.58. The van der Waals surface area contributed by atoms with Crippen molar-refractivity contribution in [3.8, 4) is 0 Å². The van der Waals surface area contributed by atoms with Crippen molar-refractivity contribution in [3.63, 3.8) is 0 Å². The van der Waals surface area contributed by atoms with E-state index < -0.39 is 6.04 Å². The SMILES string of the molecule is CC(C)(C)[C@H](N)C(=O)NCCCc1c[nH]c2ccccc12. The fourth-order valence-electron chi connectivity index (χ4n) is 2.33. The quantitative estimate of drug-likeness (QED) is 0.740. The molecule has 0 aliphatic rings. The van der Waals surface area contributed by atoms with Gasteiger partial charge >= 0.3 is 0 Å². The molecule has 4 heteroatoms. The second kappa shape index (κ2) is 6.31. The van der Waals surface area contributed by atoms with Gasteiger partial charge in [0.2, 0.25) is 5.91 Å². The maximum atomic E-state index is 11.9. The van der Waals surface area contributed by atoms with Crippen molar-refractivity contribution in [3.05, 3.63) is 36.0 Å². The highest BCUT2D eigenvalue weighted by Gasteiger charge is 2.26. The first-order valence-corrected chi connectivity index (χ1v) is 7.48. The van der Waals surface area contributed by atoms with Crippen LogP contribution in [0.2, 0.25) is 0 Å². The monoisotopic (exact) mass is 287 g/mol. The maximum absolute atomic E-state index is 11.9. The topological polar surface area (TPSA) is 70.9 Å². The number of carbonyl (C=O) groups excluding carboxylic acids is 1. The van der Waals surface area contributed by atoms with Crippen molar-refractivity contribution < 1.29 is 4.79 Å². The summed E-state index contributed by atoms with van der Waals surface area (Å²) in [5, 5.41) is 4.18. The molecule has 2 aromatic rings. The zero-order valence-electron chi connectivity index (χ0n) is 13.1. The number of fused-ring (bicyclic) bond motifs is 1. The lowest BCUT2D eigenvalue weighted by molar-refractivity contribution is -0.124. The Hall–Kier alpha value is -1.81. The molecule has 0 radical (unpaired) electrons. The van der Waals surface area contributed by atoms with Crippen molar-refractivity contribution in [1.82, 2.24) is 10.3 Å². The van der Waals surface area contributed by atoms with Crippen LogP contribution in [0.4, 0.5) is 0 Å². The van der Waals surface area contributed by atoms with Crippen LogP contribution in [0.15, 0.2) is 30.5 Å². The minimum atomic E-state index is -0.467. The van der Waals surface area contributed by atoms with Gasteiger partial charge in [-0.2, -0.15) is 0 Å². The van der Waals surface area contributed by atoms with Crippen LogP contribution in [0.5, 0.6) is 0 Å². The number of hydrogen-bond acceptors (Lipinski definition) is 2. The zero-order valence-corrected chi connectivity index (χ0v) is 13.1. The summed E-state index contributed by atoms with van der Waals surface area (Å²) in [6, 6.07) is 7.80. The highest BCUT2D eigenvalue weighted by atomic mass is 16.2. The average Bonchev–Trinajstić information content (AvgIpc) is 2.85. The molecule has 21 heavy (non-hydrogen) atoms. The molecular formula is C17H25N3O. The number of para-hydroxylation sites is 1. The van der Waals surface area contributed by atoms with E-state index in [0.29, 0.717) is 6.54 Å². The fraction of sp³-hybridized carbons (Fsp3) is 0.471. The third-order valence-corrected chi connectivity index (χ3v) is 3.81. The number of hydrogen-bond donors (Lipinski definition) is 3. The molecule has 0 aliphatic heterocycles. The molecule has 0 aliphatic carbocycles. The Morgan fingerprint density at radius 2 is 2.05 bits per heavy atom. The molecule has 1 aromatic heterocycles. The third kappa shape index (κ3) is 3.85. The number of aromatic amines is 1. The summed E-state index contributed by atoms with van der Waals surface area (Å²) in [4.78, 5) is 15.2. The summed E-state index contributed by atoms with van der Waals surface area (Å²) in [7, 11) is 0. The van der Waals surface area contributed by atoms with E-state index in [2.05, 4.69) is 22.4 Å². The molecule has 0 fully saturated rings. The Bertz CT molecular complexity index is 610. The minimum absolute atomic E-state index is 0.0681. The molecule has 0 spiro atoms. The summed E-state index contributed by atoms with van der Waals surface area (Å²) in [5.41, 5.74) is 8.17. The molecule has 0 saturated heterocycles. The van der Waals surface area contributed by atoms with Crippen LogP contribution in [-0.4, -0.2) is 23.5 Å². The van der Waals surface area contributed by atoms with Crippen LogP contribution in [0, 0.1) is 5.41 Å². The van der Waals surface area contributed by atoms with Gasteiger partial charge in [-0.25, -0.2) is 0 Å². The van der Waals surface area contributed by atoms with Gasteiger partial charge in [-0.05, 0) is 29.9 Å². The number of nitrogens with two attached hydrogens (primary N) is 1. The Morgan fingerprint density at radius 3 is 2.76 bits per heavy atom. The number of carbonyl (C=O) groups is 1. The zero-order chi connectivity index (χ0) is 15.5. The number of rotatable bonds is 5. The van der Waals surface area contributed by atoms with Crippen LogP contribution in [0.1, 0.15) is 32.8 Å². The van der Waals surface area contributed by atoms with E-state index >= 15 is 0 Å². The Labute approximate surface area is 126 Å². The van der Waals surface area contributed by atoms with E-state index in [1.54, 1.807) is 0 Å². The van der Waals surface area contributed by atoms with Gasteiger partial charge in [0, 0.05) is 23.6 Å². The number of nitrogens with one attached hydrogen (secondary N) is 2. The third-order valence-electron chi connectivity index (χ3n) is 3.81. The number of H-pyrrole nitrogens is 1. The number of aromatic nitrogens is 1. The highest BCUT2D eigenvalue weighted by Crippen LogP contribution is 2.19. The standard InChI is InChI=1S/C17H25N3O/c1-17(2,3)15(18)16(21)19-10-6-7-12-11-20-14-9-5-4-8-13(12)14/h4-5,8-9,11,15,20H,6-7,10,18H2,1-3H3,(H,19,21)/t15-/m1/s1. The first-order chi connectivity index (χ1) is 9.89. The molecule has 4 nitrogen and oxygen atoms in total. The Morgan fingerprint density at radius 1 is 1.33 bits per heavy atom. The lowest BCUT2D eigenvalue weighted by Crippen LogP contribution is -2.48. The number of amides is 1. The molecule has 2 rings (SSSR count). The van der Waals surface area contributed by atoms with Crippen LogP contribution in [0.3, 0.4) is 0 Å². The minimum Gasteiger partial charge on any atom is -0.361 e.